The fourth-order valence-electron chi connectivity index (χ4n) is 7.32. The highest BCUT2D eigenvalue weighted by Gasteiger charge is 2.49. The summed E-state index contributed by atoms with van der Waals surface area (Å²) in [7, 11) is 0. The zero-order valence-electron chi connectivity index (χ0n) is 24.1. The Kier molecular flexibility index (Phi) is 7.22. The van der Waals surface area contributed by atoms with E-state index in [-0.39, 0.29) is 58.6 Å². The van der Waals surface area contributed by atoms with Crippen molar-refractivity contribution in [1.82, 2.24) is 19.9 Å². The van der Waals surface area contributed by atoms with E-state index < -0.39 is 23.3 Å². The van der Waals surface area contributed by atoms with Gasteiger partial charge in [0.15, 0.2) is 5.82 Å². The highest BCUT2D eigenvalue weighted by molar-refractivity contribution is 6.03. The Morgan fingerprint density at radius 1 is 1.14 bits per heavy atom. The monoisotopic (exact) mass is 603 g/mol. The molecule has 4 aromatic rings. The molecule has 0 bridgehead atoms. The number of hydrogen-bond donors (Lipinski definition) is 2. The van der Waals surface area contributed by atoms with Gasteiger partial charge in [-0.05, 0) is 61.7 Å². The number of piperidine rings is 1. The molecule has 3 saturated heterocycles. The van der Waals surface area contributed by atoms with Crippen LogP contribution in [0.15, 0.2) is 30.5 Å². The maximum Gasteiger partial charge on any atom is 0.319 e. The first kappa shape index (κ1) is 28.6. The Balaban J connectivity index is 1.38. The minimum absolute atomic E-state index is 0.0149. The molecule has 5 heterocycles. The van der Waals surface area contributed by atoms with Crippen LogP contribution in [0.3, 0.4) is 0 Å². The number of nitrogens with zero attached hydrogens (tertiary/aromatic N) is 5. The molecular weight excluding hydrogens is 571 g/mol. The summed E-state index contributed by atoms with van der Waals surface area (Å²) in [6.45, 7) is 2.49. The van der Waals surface area contributed by atoms with Crippen LogP contribution in [0.1, 0.15) is 37.7 Å². The number of fused-ring (bicyclic) bond motifs is 3. The number of aliphatic hydroxyl groups excluding tert-OH is 1. The fourth-order valence-corrected chi connectivity index (χ4v) is 7.32. The highest BCUT2D eigenvalue weighted by Crippen LogP contribution is 2.42. The second-order valence-corrected chi connectivity index (χ2v) is 12.2. The molecule has 8 nitrogen and oxygen atoms in total. The number of anilines is 1. The lowest BCUT2D eigenvalue weighted by atomic mass is 9.95. The van der Waals surface area contributed by atoms with Crippen molar-refractivity contribution < 1.29 is 28.1 Å². The van der Waals surface area contributed by atoms with Crippen molar-refractivity contribution in [3.8, 4) is 35.4 Å². The molecular formula is C33H32F3N5O3. The average molecular weight is 604 g/mol. The number of halogens is 3. The molecule has 7 rings (SSSR count). The van der Waals surface area contributed by atoms with Crippen LogP contribution in [0.4, 0.5) is 19.0 Å². The molecule has 2 aromatic heterocycles. The molecule has 3 atom stereocenters. The van der Waals surface area contributed by atoms with E-state index in [0.29, 0.717) is 42.6 Å². The zero-order valence-corrected chi connectivity index (χ0v) is 24.1. The van der Waals surface area contributed by atoms with E-state index in [1.54, 1.807) is 0 Å². The molecule has 2 N–H and O–H groups in total. The van der Waals surface area contributed by atoms with Crippen molar-refractivity contribution in [2.45, 2.75) is 43.8 Å². The second kappa shape index (κ2) is 11.1. The molecule has 0 amide bonds. The van der Waals surface area contributed by atoms with Crippen LogP contribution in [0, 0.1) is 29.9 Å². The van der Waals surface area contributed by atoms with Crippen molar-refractivity contribution in [3.63, 3.8) is 0 Å². The van der Waals surface area contributed by atoms with Crippen LogP contribution in [-0.4, -0.2) is 81.2 Å². The number of ether oxygens (including phenoxy) is 1. The van der Waals surface area contributed by atoms with Crippen LogP contribution in [-0.2, 0) is 0 Å². The molecule has 44 heavy (non-hydrogen) atoms. The molecule has 3 aliphatic heterocycles. The summed E-state index contributed by atoms with van der Waals surface area (Å²) in [6.07, 6.45) is 9.94. The van der Waals surface area contributed by atoms with Gasteiger partial charge in [0.1, 0.15) is 41.4 Å². The molecule has 0 unspecified atom stereocenters. The second-order valence-electron chi connectivity index (χ2n) is 12.2. The standard InChI is InChI=1S/C33H32F3N5O3/c1-2-23-26(35)7-6-20-11-22(43)12-24(27(20)23)29-28(36)30-25(14-37-29)31(40-9-3-5-19(15-40)17-42)39-32(38-30)44-18-33-8-4-10-41(33)16-21(34)13-33/h1,6-7,11-12,14,19,21,42-43H,3-5,8-10,13,15-18H2/t19-,21+,33-/m0/s1. The van der Waals surface area contributed by atoms with Gasteiger partial charge in [-0.2, -0.15) is 9.97 Å². The van der Waals surface area contributed by atoms with Gasteiger partial charge in [-0.3, -0.25) is 9.88 Å². The fraction of sp³-hybridized carbons (Fsp3) is 0.424. The van der Waals surface area contributed by atoms with E-state index in [9.17, 15) is 19.0 Å². The number of aromatic nitrogens is 3. The van der Waals surface area contributed by atoms with Gasteiger partial charge in [0, 0.05) is 49.8 Å². The minimum atomic E-state index is -0.934. The quantitative estimate of drug-likeness (QED) is 0.299. The molecule has 0 saturated carbocycles. The molecule has 0 radical (unpaired) electrons. The van der Waals surface area contributed by atoms with Gasteiger partial charge in [-0.25, -0.2) is 13.2 Å². The Bertz CT molecular complexity index is 1810. The van der Waals surface area contributed by atoms with Gasteiger partial charge in [-0.15, -0.1) is 6.42 Å². The third-order valence-corrected chi connectivity index (χ3v) is 9.40. The number of aliphatic hydroxyl groups is 1. The number of alkyl halides is 1. The Morgan fingerprint density at radius 3 is 2.82 bits per heavy atom. The molecule has 11 heteroatoms. The molecule has 228 valence electrons. The van der Waals surface area contributed by atoms with E-state index in [4.69, 9.17) is 16.1 Å². The first-order valence-electron chi connectivity index (χ1n) is 15.0. The Hall–Kier alpha value is -4.14. The summed E-state index contributed by atoms with van der Waals surface area (Å²) in [5, 5.41) is 21.4. The normalized spacial score (nSPS) is 23.8. The number of hydrogen-bond acceptors (Lipinski definition) is 8. The summed E-state index contributed by atoms with van der Waals surface area (Å²) in [5.41, 5.74) is -0.638. The smallest absolute Gasteiger partial charge is 0.319 e. The first-order chi connectivity index (χ1) is 21.3. The molecule has 0 aliphatic carbocycles. The maximum atomic E-state index is 16.7. The number of pyridine rings is 1. The summed E-state index contributed by atoms with van der Waals surface area (Å²) in [5.74, 6) is 1.17. The first-order valence-corrected chi connectivity index (χ1v) is 15.0. The predicted molar refractivity (Wildman–Crippen MR) is 160 cm³/mol. The van der Waals surface area contributed by atoms with Gasteiger partial charge < -0.3 is 19.8 Å². The van der Waals surface area contributed by atoms with Crippen molar-refractivity contribution >= 4 is 27.5 Å². The lowest BCUT2D eigenvalue weighted by Gasteiger charge is -2.34. The van der Waals surface area contributed by atoms with Crippen molar-refractivity contribution in [3.05, 3.63) is 47.7 Å². The average Bonchev–Trinajstić information content (AvgIpc) is 3.55. The van der Waals surface area contributed by atoms with Crippen molar-refractivity contribution in [1.29, 1.82) is 0 Å². The molecule has 3 fully saturated rings. The van der Waals surface area contributed by atoms with E-state index >= 15 is 4.39 Å². The number of phenols is 1. The molecule has 0 spiro atoms. The Labute approximate surface area is 252 Å². The van der Waals surface area contributed by atoms with Crippen LogP contribution in [0.25, 0.3) is 32.9 Å². The lowest BCUT2D eigenvalue weighted by molar-refractivity contribution is 0.107. The predicted octanol–water partition coefficient (Wildman–Crippen LogP) is 4.97. The Morgan fingerprint density at radius 2 is 2.00 bits per heavy atom. The van der Waals surface area contributed by atoms with E-state index in [2.05, 4.69) is 20.8 Å². The maximum absolute atomic E-state index is 16.7. The summed E-state index contributed by atoms with van der Waals surface area (Å²) < 4.78 is 52.0. The summed E-state index contributed by atoms with van der Waals surface area (Å²) in [6, 6.07) is 5.35. The number of aromatic hydroxyl groups is 1. The van der Waals surface area contributed by atoms with Gasteiger partial charge in [0.2, 0.25) is 0 Å². The van der Waals surface area contributed by atoms with Crippen LogP contribution < -0.4 is 9.64 Å². The summed E-state index contributed by atoms with van der Waals surface area (Å²) in [4.78, 5) is 17.7. The van der Waals surface area contributed by atoms with Gasteiger partial charge in [0.25, 0.3) is 0 Å². The van der Waals surface area contributed by atoms with Gasteiger partial charge >= 0.3 is 6.01 Å². The van der Waals surface area contributed by atoms with Crippen LogP contribution >= 0.6 is 0 Å². The molecule has 2 aromatic carbocycles. The van der Waals surface area contributed by atoms with E-state index in [1.165, 1.54) is 30.5 Å². The largest absolute Gasteiger partial charge is 0.508 e. The van der Waals surface area contributed by atoms with Crippen molar-refractivity contribution in [2.75, 3.05) is 44.3 Å². The number of rotatable bonds is 6. The SMILES string of the molecule is C#Cc1c(F)ccc2cc(O)cc(-c3ncc4c(N5CCC[C@H](CO)C5)nc(OC[C@@]56CCCN5C[C@H](F)C6)nc4c3F)c12. The summed E-state index contributed by atoms with van der Waals surface area (Å²) >= 11 is 0. The topological polar surface area (TPSA) is 94.8 Å². The van der Waals surface area contributed by atoms with E-state index in [0.717, 1.165) is 32.2 Å². The van der Waals surface area contributed by atoms with Crippen LogP contribution in [0.2, 0.25) is 0 Å². The van der Waals surface area contributed by atoms with Crippen molar-refractivity contribution in [2.24, 2.45) is 5.92 Å². The minimum Gasteiger partial charge on any atom is -0.508 e. The highest BCUT2D eigenvalue weighted by atomic mass is 19.1. The van der Waals surface area contributed by atoms with Gasteiger partial charge in [-0.1, -0.05) is 12.0 Å². The third-order valence-electron chi connectivity index (χ3n) is 9.40. The van der Waals surface area contributed by atoms with E-state index in [1.807, 2.05) is 4.90 Å². The molecule has 3 aliphatic rings. The zero-order chi connectivity index (χ0) is 30.6. The van der Waals surface area contributed by atoms with Gasteiger partial charge in [0.05, 0.1) is 16.5 Å². The number of phenolic OH excluding ortho intramolecular Hbond substituents is 1. The lowest BCUT2D eigenvalue weighted by Crippen LogP contribution is -2.43. The number of terminal acetylenes is 1. The van der Waals surface area contributed by atoms with Crippen LogP contribution in [0.5, 0.6) is 11.8 Å². The third kappa shape index (κ3) is 4.77. The number of benzene rings is 2.